The summed E-state index contributed by atoms with van der Waals surface area (Å²) in [4.78, 5) is 12.2. The van der Waals surface area contributed by atoms with Crippen LogP contribution in [0.3, 0.4) is 0 Å². The van der Waals surface area contributed by atoms with Gasteiger partial charge in [0.2, 0.25) is 5.89 Å². The van der Waals surface area contributed by atoms with Crippen LogP contribution in [0.4, 0.5) is 6.01 Å². The number of hydrogen-bond acceptors (Lipinski definition) is 4. The number of hydrogen-bond donors (Lipinski definition) is 1. The molecule has 0 unspecified atom stereocenters. The van der Waals surface area contributed by atoms with Crippen LogP contribution in [-0.2, 0) is 0 Å². The molecule has 1 amide bonds. The number of amides is 1. The fourth-order valence-electron chi connectivity index (χ4n) is 1.82. The first-order valence-corrected chi connectivity index (χ1v) is 7.93. The highest BCUT2D eigenvalue weighted by atomic mass is 79.9. The molecule has 2 aromatic carbocycles. The van der Waals surface area contributed by atoms with E-state index < -0.39 is 5.91 Å². The minimum Gasteiger partial charge on any atom is -0.403 e. The average molecular weight is 413 g/mol. The number of nitrogens with zero attached hydrogens (tertiary/aromatic N) is 2. The van der Waals surface area contributed by atoms with Gasteiger partial charge in [-0.05, 0) is 42.5 Å². The zero-order valence-electron chi connectivity index (χ0n) is 11.4. The molecule has 0 atom stereocenters. The second-order valence-electron chi connectivity index (χ2n) is 4.50. The molecule has 0 aliphatic rings. The van der Waals surface area contributed by atoms with E-state index in [0.29, 0.717) is 10.9 Å². The number of benzene rings is 2. The van der Waals surface area contributed by atoms with Crippen LogP contribution in [0.1, 0.15) is 10.4 Å². The molecule has 8 heteroatoms. The number of anilines is 1. The number of rotatable bonds is 3. The molecule has 0 spiro atoms. The fourth-order valence-corrected chi connectivity index (χ4v) is 2.58. The Morgan fingerprint density at radius 3 is 2.52 bits per heavy atom. The molecule has 1 N–H and O–H groups in total. The monoisotopic (exact) mass is 411 g/mol. The lowest BCUT2D eigenvalue weighted by Crippen LogP contribution is -2.12. The molecule has 0 aliphatic heterocycles. The fraction of sp³-hybridized carbons (Fsp3) is 0. The smallest absolute Gasteiger partial charge is 0.322 e. The summed E-state index contributed by atoms with van der Waals surface area (Å²) in [5.74, 6) is -0.160. The molecule has 1 aromatic heterocycles. The summed E-state index contributed by atoms with van der Waals surface area (Å²) in [5, 5.41) is 10.9. The van der Waals surface area contributed by atoms with Gasteiger partial charge < -0.3 is 4.42 Å². The topological polar surface area (TPSA) is 68.0 Å². The molecule has 0 fully saturated rings. The summed E-state index contributed by atoms with van der Waals surface area (Å²) in [6.07, 6.45) is 0. The van der Waals surface area contributed by atoms with E-state index in [9.17, 15) is 4.79 Å². The molecule has 0 radical (unpaired) electrons. The van der Waals surface area contributed by atoms with E-state index in [1.165, 1.54) is 12.1 Å². The second kappa shape index (κ2) is 6.70. The summed E-state index contributed by atoms with van der Waals surface area (Å²) in [6, 6.07) is 11.9. The maximum Gasteiger partial charge on any atom is 0.322 e. The first-order valence-electron chi connectivity index (χ1n) is 6.39. The van der Waals surface area contributed by atoms with Crippen molar-refractivity contribution in [2.45, 2.75) is 0 Å². The third-order valence-corrected chi connectivity index (χ3v) is 3.99. The third-order valence-electron chi connectivity index (χ3n) is 2.91. The van der Waals surface area contributed by atoms with Crippen LogP contribution < -0.4 is 5.32 Å². The van der Waals surface area contributed by atoms with Gasteiger partial charge in [-0.25, -0.2) is 0 Å². The lowest BCUT2D eigenvalue weighted by Gasteiger charge is -2.03. The first kappa shape index (κ1) is 16.0. The van der Waals surface area contributed by atoms with Gasteiger partial charge in [0.25, 0.3) is 5.91 Å². The van der Waals surface area contributed by atoms with Gasteiger partial charge >= 0.3 is 6.01 Å². The normalized spacial score (nSPS) is 10.6. The van der Waals surface area contributed by atoms with Gasteiger partial charge in [0.1, 0.15) is 0 Å². The number of halogens is 3. The quantitative estimate of drug-likeness (QED) is 0.652. The highest BCUT2D eigenvalue weighted by molar-refractivity contribution is 9.10. The summed E-state index contributed by atoms with van der Waals surface area (Å²) >= 11 is 15.1. The van der Waals surface area contributed by atoms with Gasteiger partial charge in [-0.3, -0.25) is 10.1 Å². The third kappa shape index (κ3) is 3.72. The molecule has 3 aromatic rings. The van der Waals surface area contributed by atoms with Gasteiger partial charge in [0.05, 0.1) is 10.6 Å². The van der Waals surface area contributed by atoms with Crippen LogP contribution in [0, 0.1) is 0 Å². The van der Waals surface area contributed by atoms with E-state index in [4.69, 9.17) is 27.6 Å². The standard InChI is InChI=1S/C15H8BrCl2N3O2/c16-9-3-1-8(2-4-9)14-20-21-15(23-14)19-13(22)11-6-5-10(17)7-12(11)18/h1-7H,(H,19,21,22). The summed E-state index contributed by atoms with van der Waals surface area (Å²) in [6.45, 7) is 0. The minimum atomic E-state index is -0.460. The predicted octanol–water partition coefficient (Wildman–Crippen LogP) is 5.06. The Balaban J connectivity index is 1.78. The first-order chi connectivity index (χ1) is 11.0. The molecule has 116 valence electrons. The van der Waals surface area contributed by atoms with E-state index >= 15 is 0 Å². The highest BCUT2D eigenvalue weighted by Crippen LogP contribution is 2.24. The molecule has 0 aliphatic carbocycles. The van der Waals surface area contributed by atoms with Crippen molar-refractivity contribution >= 4 is 51.1 Å². The van der Waals surface area contributed by atoms with E-state index in [2.05, 4.69) is 31.4 Å². The Hall–Kier alpha value is -1.89. The molecule has 23 heavy (non-hydrogen) atoms. The van der Waals surface area contributed by atoms with Gasteiger partial charge in [0.15, 0.2) is 0 Å². The maximum atomic E-state index is 12.2. The van der Waals surface area contributed by atoms with E-state index in [0.717, 1.165) is 10.0 Å². The number of nitrogens with one attached hydrogen (secondary N) is 1. The minimum absolute atomic E-state index is 0.0149. The van der Waals surface area contributed by atoms with Crippen molar-refractivity contribution in [3.8, 4) is 11.5 Å². The zero-order chi connectivity index (χ0) is 16.4. The Bertz CT molecular complexity index is 865. The number of aromatic nitrogens is 2. The lowest BCUT2D eigenvalue weighted by atomic mass is 10.2. The lowest BCUT2D eigenvalue weighted by molar-refractivity contribution is 0.102. The van der Waals surface area contributed by atoms with Crippen molar-refractivity contribution in [1.29, 1.82) is 0 Å². The van der Waals surface area contributed by atoms with Crippen molar-refractivity contribution in [2.75, 3.05) is 5.32 Å². The number of carbonyl (C=O) groups excluding carboxylic acids is 1. The highest BCUT2D eigenvalue weighted by Gasteiger charge is 2.15. The van der Waals surface area contributed by atoms with Crippen LogP contribution >= 0.6 is 39.1 Å². The van der Waals surface area contributed by atoms with Gasteiger partial charge in [-0.2, -0.15) is 0 Å². The van der Waals surface area contributed by atoms with Crippen LogP contribution in [0.25, 0.3) is 11.5 Å². The van der Waals surface area contributed by atoms with E-state index in [-0.39, 0.29) is 16.6 Å². The van der Waals surface area contributed by atoms with Crippen molar-refractivity contribution in [1.82, 2.24) is 10.2 Å². The van der Waals surface area contributed by atoms with Crippen LogP contribution in [0.2, 0.25) is 10.0 Å². The van der Waals surface area contributed by atoms with Gasteiger partial charge in [0, 0.05) is 15.1 Å². The second-order valence-corrected chi connectivity index (χ2v) is 6.26. The predicted molar refractivity (Wildman–Crippen MR) is 91.8 cm³/mol. The van der Waals surface area contributed by atoms with Gasteiger partial charge in [-0.1, -0.05) is 44.2 Å². The summed E-state index contributed by atoms with van der Waals surface area (Å²) < 4.78 is 6.36. The van der Waals surface area contributed by atoms with Crippen LogP contribution in [0.5, 0.6) is 0 Å². The largest absolute Gasteiger partial charge is 0.403 e. The van der Waals surface area contributed by atoms with Crippen molar-refractivity contribution in [3.05, 3.63) is 62.5 Å². The molecule has 1 heterocycles. The molecule has 0 saturated carbocycles. The van der Waals surface area contributed by atoms with Crippen LogP contribution in [-0.4, -0.2) is 16.1 Å². The zero-order valence-corrected chi connectivity index (χ0v) is 14.5. The molecule has 5 nitrogen and oxygen atoms in total. The van der Waals surface area contributed by atoms with Crippen molar-refractivity contribution in [3.63, 3.8) is 0 Å². The summed E-state index contributed by atoms with van der Waals surface area (Å²) in [5.41, 5.74) is 1.00. The average Bonchev–Trinajstić information content (AvgIpc) is 2.96. The summed E-state index contributed by atoms with van der Waals surface area (Å²) in [7, 11) is 0. The van der Waals surface area contributed by atoms with Gasteiger partial charge in [-0.15, -0.1) is 5.10 Å². The maximum absolute atomic E-state index is 12.2. The molecular weight excluding hydrogens is 405 g/mol. The van der Waals surface area contributed by atoms with E-state index in [1.54, 1.807) is 6.07 Å². The Morgan fingerprint density at radius 1 is 1.09 bits per heavy atom. The molecular formula is C15H8BrCl2N3O2. The molecule has 3 rings (SSSR count). The Kier molecular flexibility index (Phi) is 4.66. The van der Waals surface area contributed by atoms with Crippen molar-refractivity contribution in [2.24, 2.45) is 0 Å². The van der Waals surface area contributed by atoms with E-state index in [1.807, 2.05) is 24.3 Å². The Morgan fingerprint density at radius 2 is 1.83 bits per heavy atom. The molecule has 0 saturated heterocycles. The number of carbonyl (C=O) groups is 1. The SMILES string of the molecule is O=C(Nc1nnc(-c2ccc(Br)cc2)o1)c1ccc(Cl)cc1Cl. The van der Waals surface area contributed by atoms with Crippen molar-refractivity contribution < 1.29 is 9.21 Å². The molecule has 0 bridgehead atoms. The van der Waals surface area contributed by atoms with Crippen LogP contribution in [0.15, 0.2) is 51.4 Å². The Labute approximate surface area is 149 Å².